The predicted molar refractivity (Wildman–Crippen MR) is 83.9 cm³/mol. The number of nitrogens with zero attached hydrogens (tertiary/aromatic N) is 1. The Labute approximate surface area is 128 Å². The summed E-state index contributed by atoms with van der Waals surface area (Å²) in [5.41, 5.74) is 3.85. The lowest BCUT2D eigenvalue weighted by Gasteiger charge is -2.21. The van der Waals surface area contributed by atoms with Gasteiger partial charge in [-0.25, -0.2) is 0 Å². The summed E-state index contributed by atoms with van der Waals surface area (Å²) < 4.78 is 0. The van der Waals surface area contributed by atoms with Crippen LogP contribution in [-0.2, 0) is 22.4 Å². The molecule has 0 saturated carbocycles. The zero-order chi connectivity index (χ0) is 15.5. The van der Waals surface area contributed by atoms with Gasteiger partial charge in [0.25, 0.3) is 0 Å². The van der Waals surface area contributed by atoms with Crippen LogP contribution in [0.3, 0.4) is 0 Å². The van der Waals surface area contributed by atoms with Crippen LogP contribution in [0.4, 0.5) is 5.69 Å². The van der Waals surface area contributed by atoms with Gasteiger partial charge in [-0.05, 0) is 37.3 Å². The molecule has 22 heavy (non-hydrogen) atoms. The summed E-state index contributed by atoms with van der Waals surface area (Å²) in [4.78, 5) is 27.4. The molecule has 5 nitrogen and oxygen atoms in total. The van der Waals surface area contributed by atoms with Gasteiger partial charge >= 0.3 is 5.97 Å². The zero-order valence-corrected chi connectivity index (χ0v) is 12.3. The molecule has 1 amide bonds. The SMILES string of the molecule is O=C(O)CCC(=O)Nc1c2c(nc3ccccc13)CCCC2. The van der Waals surface area contributed by atoms with Gasteiger partial charge in [0, 0.05) is 17.5 Å². The minimum absolute atomic E-state index is 0.0131. The van der Waals surface area contributed by atoms with E-state index in [0.717, 1.165) is 53.5 Å². The molecule has 2 aromatic rings. The van der Waals surface area contributed by atoms with E-state index in [1.54, 1.807) is 0 Å². The van der Waals surface area contributed by atoms with Gasteiger partial charge in [-0.1, -0.05) is 18.2 Å². The van der Waals surface area contributed by atoms with Crippen molar-refractivity contribution in [2.45, 2.75) is 38.5 Å². The van der Waals surface area contributed by atoms with E-state index in [2.05, 4.69) is 5.32 Å². The molecule has 0 fully saturated rings. The number of fused-ring (bicyclic) bond motifs is 2. The minimum atomic E-state index is -0.961. The number of nitrogens with one attached hydrogen (secondary N) is 1. The summed E-state index contributed by atoms with van der Waals surface area (Å²) in [6.07, 6.45) is 3.87. The third-order valence-corrected chi connectivity index (χ3v) is 4.00. The van der Waals surface area contributed by atoms with E-state index in [1.807, 2.05) is 24.3 Å². The summed E-state index contributed by atoms with van der Waals surface area (Å²) in [5.74, 6) is -1.22. The number of anilines is 1. The lowest BCUT2D eigenvalue weighted by Crippen LogP contribution is -2.17. The highest BCUT2D eigenvalue weighted by atomic mass is 16.4. The first-order valence-electron chi connectivity index (χ1n) is 7.57. The fourth-order valence-corrected chi connectivity index (χ4v) is 2.94. The molecule has 0 saturated heterocycles. The Kier molecular flexibility index (Phi) is 4.04. The number of carboxylic acids is 1. The van der Waals surface area contributed by atoms with Crippen molar-refractivity contribution in [1.29, 1.82) is 0 Å². The lowest BCUT2D eigenvalue weighted by molar-refractivity contribution is -0.138. The van der Waals surface area contributed by atoms with Gasteiger partial charge in [-0.2, -0.15) is 0 Å². The van der Waals surface area contributed by atoms with Crippen LogP contribution < -0.4 is 5.32 Å². The smallest absolute Gasteiger partial charge is 0.303 e. The second kappa shape index (κ2) is 6.13. The molecule has 0 radical (unpaired) electrons. The van der Waals surface area contributed by atoms with Crippen LogP contribution in [0.5, 0.6) is 0 Å². The standard InChI is InChI=1S/C17H18N2O3/c20-15(9-10-16(21)22)19-17-11-5-1-3-7-13(11)18-14-8-4-2-6-12(14)17/h1,3,5,7H,2,4,6,8-10H2,(H,21,22)(H,18,19,20). The number of pyridine rings is 1. The maximum absolute atomic E-state index is 12.1. The highest BCUT2D eigenvalue weighted by Gasteiger charge is 2.19. The highest BCUT2D eigenvalue weighted by molar-refractivity contribution is 6.03. The quantitative estimate of drug-likeness (QED) is 0.909. The van der Waals surface area contributed by atoms with Crippen molar-refractivity contribution >= 4 is 28.5 Å². The van der Waals surface area contributed by atoms with E-state index >= 15 is 0 Å². The second-order valence-electron chi connectivity index (χ2n) is 5.58. The summed E-state index contributed by atoms with van der Waals surface area (Å²) in [6.45, 7) is 0. The number of hydrogen-bond acceptors (Lipinski definition) is 3. The van der Waals surface area contributed by atoms with E-state index in [-0.39, 0.29) is 18.7 Å². The van der Waals surface area contributed by atoms with Crippen LogP contribution in [0, 0.1) is 0 Å². The van der Waals surface area contributed by atoms with Gasteiger partial charge in [0.15, 0.2) is 0 Å². The van der Waals surface area contributed by atoms with Gasteiger partial charge < -0.3 is 10.4 Å². The highest BCUT2D eigenvalue weighted by Crippen LogP contribution is 2.33. The Bertz CT molecular complexity index is 740. The number of carbonyl (C=O) groups is 2. The fraction of sp³-hybridized carbons (Fsp3) is 0.353. The van der Waals surface area contributed by atoms with Gasteiger partial charge in [-0.15, -0.1) is 0 Å². The topological polar surface area (TPSA) is 79.3 Å². The molecule has 5 heteroatoms. The molecule has 0 bridgehead atoms. The summed E-state index contributed by atoms with van der Waals surface area (Å²) in [5, 5.41) is 12.6. The summed E-state index contributed by atoms with van der Waals surface area (Å²) in [6, 6.07) is 7.74. The van der Waals surface area contributed by atoms with Crippen LogP contribution in [-0.4, -0.2) is 22.0 Å². The predicted octanol–water partition coefficient (Wildman–Crippen LogP) is 2.92. The number of rotatable bonds is 4. The maximum atomic E-state index is 12.1. The number of para-hydroxylation sites is 1. The van der Waals surface area contributed by atoms with Crippen molar-refractivity contribution in [3.05, 3.63) is 35.5 Å². The first kappa shape index (κ1) is 14.5. The Hall–Kier alpha value is -2.43. The third kappa shape index (κ3) is 2.93. The third-order valence-electron chi connectivity index (χ3n) is 4.00. The fourth-order valence-electron chi connectivity index (χ4n) is 2.94. The average molecular weight is 298 g/mol. The van der Waals surface area contributed by atoms with E-state index in [0.29, 0.717) is 0 Å². The van der Waals surface area contributed by atoms with Gasteiger partial charge in [0.05, 0.1) is 17.6 Å². The second-order valence-corrected chi connectivity index (χ2v) is 5.58. The molecule has 0 atom stereocenters. The molecule has 114 valence electrons. The Balaban J connectivity index is 1.99. The number of benzene rings is 1. The molecular weight excluding hydrogens is 280 g/mol. The van der Waals surface area contributed by atoms with Gasteiger partial charge in [0.1, 0.15) is 0 Å². The van der Waals surface area contributed by atoms with E-state index in [9.17, 15) is 9.59 Å². The van der Waals surface area contributed by atoms with Crippen molar-refractivity contribution in [2.24, 2.45) is 0 Å². The number of aryl methyl sites for hydroxylation is 1. The molecule has 1 aromatic carbocycles. The van der Waals surface area contributed by atoms with Crippen molar-refractivity contribution < 1.29 is 14.7 Å². The van der Waals surface area contributed by atoms with Crippen molar-refractivity contribution in [1.82, 2.24) is 4.98 Å². The number of carbonyl (C=O) groups excluding carboxylic acids is 1. The van der Waals surface area contributed by atoms with Crippen LogP contribution in [0.1, 0.15) is 36.9 Å². The first-order valence-corrected chi connectivity index (χ1v) is 7.57. The van der Waals surface area contributed by atoms with Crippen LogP contribution in [0.25, 0.3) is 10.9 Å². The minimum Gasteiger partial charge on any atom is -0.481 e. The molecule has 1 heterocycles. The molecule has 0 unspecified atom stereocenters. The zero-order valence-electron chi connectivity index (χ0n) is 12.3. The number of amides is 1. The van der Waals surface area contributed by atoms with Gasteiger partial charge in [0.2, 0.25) is 5.91 Å². The molecule has 1 aliphatic rings. The molecule has 1 aliphatic carbocycles. The van der Waals surface area contributed by atoms with E-state index in [4.69, 9.17) is 10.1 Å². The lowest BCUT2D eigenvalue weighted by atomic mass is 9.92. The maximum Gasteiger partial charge on any atom is 0.303 e. The van der Waals surface area contributed by atoms with Crippen molar-refractivity contribution in [2.75, 3.05) is 5.32 Å². The number of carboxylic acid groups (broad SMARTS) is 1. The largest absolute Gasteiger partial charge is 0.481 e. The monoisotopic (exact) mass is 298 g/mol. The molecule has 3 rings (SSSR count). The number of aromatic nitrogens is 1. The van der Waals surface area contributed by atoms with Gasteiger partial charge in [-0.3, -0.25) is 14.6 Å². The number of hydrogen-bond donors (Lipinski definition) is 2. The molecular formula is C17H18N2O3. The summed E-state index contributed by atoms with van der Waals surface area (Å²) >= 11 is 0. The van der Waals surface area contributed by atoms with E-state index in [1.165, 1.54) is 0 Å². The average Bonchev–Trinajstić information content (AvgIpc) is 2.52. The molecule has 2 N–H and O–H groups in total. The normalized spacial score (nSPS) is 13.6. The molecule has 0 spiro atoms. The van der Waals surface area contributed by atoms with Crippen molar-refractivity contribution in [3.8, 4) is 0 Å². The van der Waals surface area contributed by atoms with Crippen LogP contribution in [0.15, 0.2) is 24.3 Å². The molecule has 1 aromatic heterocycles. The Morgan fingerprint density at radius 3 is 2.73 bits per heavy atom. The Morgan fingerprint density at radius 2 is 1.91 bits per heavy atom. The molecule has 0 aliphatic heterocycles. The first-order chi connectivity index (χ1) is 10.6. The number of aliphatic carboxylic acids is 1. The van der Waals surface area contributed by atoms with E-state index < -0.39 is 5.97 Å². The van der Waals surface area contributed by atoms with Crippen LogP contribution >= 0.6 is 0 Å². The Morgan fingerprint density at radius 1 is 1.14 bits per heavy atom. The summed E-state index contributed by atoms with van der Waals surface area (Å²) in [7, 11) is 0. The van der Waals surface area contributed by atoms with Crippen LogP contribution in [0.2, 0.25) is 0 Å². The van der Waals surface area contributed by atoms with Crippen molar-refractivity contribution in [3.63, 3.8) is 0 Å².